The minimum Gasteiger partial charge on any atom is -0.388 e. The number of hydrogen-bond donors (Lipinski definition) is 3. The van der Waals surface area contributed by atoms with Gasteiger partial charge in [0.2, 0.25) is 5.56 Å². The first kappa shape index (κ1) is 12.3. The van der Waals surface area contributed by atoms with Crippen LogP contribution in [0, 0.1) is 0 Å². The average molecular weight is 246 g/mol. The van der Waals surface area contributed by atoms with E-state index >= 15 is 0 Å². The van der Waals surface area contributed by atoms with E-state index in [-0.39, 0.29) is 11.1 Å². The summed E-state index contributed by atoms with van der Waals surface area (Å²) in [6.45, 7) is 0. The van der Waals surface area contributed by atoms with Crippen molar-refractivity contribution in [1.29, 1.82) is 0 Å². The summed E-state index contributed by atoms with van der Waals surface area (Å²) in [6.07, 6.45) is 1.57. The maximum Gasteiger partial charge on any atom is 0.253 e. The molecule has 0 aliphatic rings. The van der Waals surface area contributed by atoms with Gasteiger partial charge in [-0.25, -0.2) is 0 Å². The number of rotatable bonds is 4. The molecule has 2 heterocycles. The highest BCUT2D eigenvalue weighted by molar-refractivity contribution is 5.13. The molecule has 0 bridgehead atoms. The van der Waals surface area contributed by atoms with Gasteiger partial charge in [0.15, 0.2) is 0 Å². The average Bonchev–Trinajstić information content (AvgIpc) is 2.37. The van der Waals surface area contributed by atoms with Crippen molar-refractivity contribution in [3.63, 3.8) is 0 Å². The topological polar surface area (TPSA) is 85.9 Å². The lowest BCUT2D eigenvalue weighted by Crippen LogP contribution is -2.16. The van der Waals surface area contributed by atoms with E-state index in [9.17, 15) is 14.7 Å². The van der Waals surface area contributed by atoms with E-state index in [0.29, 0.717) is 18.4 Å². The predicted molar refractivity (Wildman–Crippen MR) is 67.4 cm³/mol. The van der Waals surface area contributed by atoms with Crippen molar-refractivity contribution in [1.82, 2.24) is 9.97 Å². The van der Waals surface area contributed by atoms with Gasteiger partial charge in [-0.2, -0.15) is 0 Å². The lowest BCUT2D eigenvalue weighted by Gasteiger charge is -2.09. The maximum absolute atomic E-state index is 11.5. The molecule has 94 valence electrons. The summed E-state index contributed by atoms with van der Waals surface area (Å²) in [5.41, 5.74) is 0.635. The Morgan fingerprint density at radius 1 is 1.17 bits per heavy atom. The van der Waals surface area contributed by atoms with Crippen LogP contribution in [-0.2, 0) is 6.42 Å². The van der Waals surface area contributed by atoms with Crippen LogP contribution in [0.25, 0.3) is 0 Å². The molecule has 5 nitrogen and oxygen atoms in total. The molecule has 0 saturated heterocycles. The van der Waals surface area contributed by atoms with Crippen LogP contribution in [0.4, 0.5) is 0 Å². The third kappa shape index (κ3) is 2.95. The molecule has 0 aliphatic heterocycles. The van der Waals surface area contributed by atoms with E-state index in [1.165, 1.54) is 12.3 Å². The largest absolute Gasteiger partial charge is 0.388 e. The summed E-state index contributed by atoms with van der Waals surface area (Å²) in [7, 11) is 0. The normalized spacial score (nSPS) is 12.3. The molecule has 0 saturated carbocycles. The summed E-state index contributed by atoms with van der Waals surface area (Å²) in [6, 6.07) is 8.14. The van der Waals surface area contributed by atoms with Gasteiger partial charge in [0.1, 0.15) is 0 Å². The molecule has 18 heavy (non-hydrogen) atoms. The van der Waals surface area contributed by atoms with Crippen molar-refractivity contribution >= 4 is 0 Å². The summed E-state index contributed by atoms with van der Waals surface area (Å²) >= 11 is 0. The van der Waals surface area contributed by atoms with Gasteiger partial charge in [0.05, 0.1) is 6.10 Å². The fourth-order valence-corrected chi connectivity index (χ4v) is 1.78. The Hall–Kier alpha value is -2.14. The van der Waals surface area contributed by atoms with Crippen molar-refractivity contribution in [2.24, 2.45) is 0 Å². The molecular weight excluding hydrogens is 232 g/mol. The van der Waals surface area contributed by atoms with Crippen LogP contribution >= 0.6 is 0 Å². The lowest BCUT2D eigenvalue weighted by atomic mass is 10.1. The van der Waals surface area contributed by atoms with E-state index in [1.807, 2.05) is 0 Å². The van der Waals surface area contributed by atoms with Crippen molar-refractivity contribution in [2.75, 3.05) is 0 Å². The second-order valence-electron chi connectivity index (χ2n) is 4.05. The summed E-state index contributed by atoms with van der Waals surface area (Å²) in [5.74, 6) is 0. The Morgan fingerprint density at radius 3 is 2.72 bits per heavy atom. The van der Waals surface area contributed by atoms with Crippen LogP contribution in [0.5, 0.6) is 0 Å². The van der Waals surface area contributed by atoms with Gasteiger partial charge in [-0.3, -0.25) is 9.59 Å². The van der Waals surface area contributed by atoms with Gasteiger partial charge in [-0.15, -0.1) is 0 Å². The van der Waals surface area contributed by atoms with Gasteiger partial charge in [-0.05, 0) is 31.0 Å². The summed E-state index contributed by atoms with van der Waals surface area (Å²) in [4.78, 5) is 27.7. The number of aromatic amines is 2. The molecule has 0 aromatic carbocycles. The Bertz CT molecular complexity index is 630. The van der Waals surface area contributed by atoms with Gasteiger partial charge < -0.3 is 15.1 Å². The molecular formula is C13H14N2O3. The Morgan fingerprint density at radius 2 is 2.00 bits per heavy atom. The van der Waals surface area contributed by atoms with Gasteiger partial charge in [0, 0.05) is 23.5 Å². The third-order valence-corrected chi connectivity index (χ3v) is 2.72. The molecule has 1 unspecified atom stereocenters. The van der Waals surface area contributed by atoms with Crippen molar-refractivity contribution in [2.45, 2.75) is 18.9 Å². The fraction of sp³-hybridized carbons (Fsp3) is 0.231. The number of aromatic nitrogens is 2. The van der Waals surface area contributed by atoms with Crippen LogP contribution in [0.15, 0.2) is 46.1 Å². The number of aliphatic hydroxyl groups is 1. The molecule has 5 heteroatoms. The molecule has 1 atom stereocenters. The smallest absolute Gasteiger partial charge is 0.253 e. The fourth-order valence-electron chi connectivity index (χ4n) is 1.78. The van der Waals surface area contributed by atoms with Crippen LogP contribution in [0.3, 0.4) is 0 Å². The standard InChI is InChI=1S/C13H14N2O3/c16-11(10-4-2-8-14-13(10)18)7-6-9-3-1-5-12(17)15-9/h1-5,8,11,16H,6-7H2,(H,14,18)(H,15,17). The second-order valence-corrected chi connectivity index (χ2v) is 4.05. The van der Waals surface area contributed by atoms with Crippen molar-refractivity contribution in [3.05, 3.63) is 68.5 Å². The number of aryl methyl sites for hydroxylation is 1. The number of pyridine rings is 2. The molecule has 3 N–H and O–H groups in total. The number of nitrogens with one attached hydrogen (secondary N) is 2. The first-order valence-electron chi connectivity index (χ1n) is 5.70. The zero-order valence-electron chi connectivity index (χ0n) is 9.72. The quantitative estimate of drug-likeness (QED) is 0.743. The van der Waals surface area contributed by atoms with Crippen molar-refractivity contribution in [3.8, 4) is 0 Å². The van der Waals surface area contributed by atoms with Crippen LogP contribution in [0.1, 0.15) is 23.8 Å². The second kappa shape index (κ2) is 5.46. The van der Waals surface area contributed by atoms with Crippen LogP contribution < -0.4 is 11.1 Å². The van der Waals surface area contributed by atoms with Gasteiger partial charge in [0.25, 0.3) is 5.56 Å². The molecule has 0 spiro atoms. The molecule has 2 rings (SSSR count). The minimum atomic E-state index is -0.835. The molecule has 0 radical (unpaired) electrons. The van der Waals surface area contributed by atoms with Crippen molar-refractivity contribution < 1.29 is 5.11 Å². The Kier molecular flexibility index (Phi) is 3.74. The maximum atomic E-state index is 11.5. The highest BCUT2D eigenvalue weighted by Crippen LogP contribution is 2.14. The Balaban J connectivity index is 2.05. The summed E-state index contributed by atoms with van der Waals surface area (Å²) < 4.78 is 0. The zero-order chi connectivity index (χ0) is 13.0. The highest BCUT2D eigenvalue weighted by Gasteiger charge is 2.11. The monoisotopic (exact) mass is 246 g/mol. The highest BCUT2D eigenvalue weighted by atomic mass is 16.3. The summed E-state index contributed by atoms with van der Waals surface area (Å²) in [5, 5.41) is 9.92. The SMILES string of the molecule is O=c1cccc(CCC(O)c2ccc[nH]c2=O)[nH]1. The molecule has 0 amide bonds. The molecule has 0 aliphatic carbocycles. The Labute approximate surface area is 103 Å². The third-order valence-electron chi connectivity index (χ3n) is 2.72. The van der Waals surface area contributed by atoms with E-state index in [0.717, 1.165) is 5.69 Å². The van der Waals surface area contributed by atoms with Crippen LogP contribution in [-0.4, -0.2) is 15.1 Å². The van der Waals surface area contributed by atoms with E-state index in [1.54, 1.807) is 24.3 Å². The number of aliphatic hydroxyl groups excluding tert-OH is 1. The lowest BCUT2D eigenvalue weighted by molar-refractivity contribution is 0.166. The van der Waals surface area contributed by atoms with E-state index < -0.39 is 6.10 Å². The minimum absolute atomic E-state index is 0.167. The molecule has 2 aromatic heterocycles. The van der Waals surface area contributed by atoms with Gasteiger partial charge >= 0.3 is 0 Å². The molecule has 2 aromatic rings. The predicted octanol–water partition coefficient (Wildman–Crippen LogP) is 0.729. The first-order chi connectivity index (χ1) is 8.66. The van der Waals surface area contributed by atoms with Crippen LogP contribution in [0.2, 0.25) is 0 Å². The number of H-pyrrole nitrogens is 2. The van der Waals surface area contributed by atoms with Gasteiger partial charge in [-0.1, -0.05) is 6.07 Å². The first-order valence-corrected chi connectivity index (χ1v) is 5.70. The van der Waals surface area contributed by atoms with E-state index in [2.05, 4.69) is 9.97 Å². The molecule has 0 fully saturated rings. The zero-order valence-corrected chi connectivity index (χ0v) is 9.72. The number of hydrogen-bond acceptors (Lipinski definition) is 3. The van der Waals surface area contributed by atoms with E-state index in [4.69, 9.17) is 0 Å².